The summed E-state index contributed by atoms with van der Waals surface area (Å²) in [6, 6.07) is 27.5. The van der Waals surface area contributed by atoms with E-state index >= 15 is 0 Å². The third-order valence-electron chi connectivity index (χ3n) is 4.87. The largest absolute Gasteiger partial charge is 0.342 e. The number of allylic oxidation sites excluding steroid dienone is 1. The van der Waals surface area contributed by atoms with Crippen molar-refractivity contribution in [3.8, 4) is 12.1 Å². The summed E-state index contributed by atoms with van der Waals surface area (Å²) in [7, 11) is 0. The molecule has 4 rings (SSSR count). The lowest BCUT2D eigenvalue weighted by Gasteiger charge is -2.07. The molecule has 0 aliphatic heterocycles. The Hall–Kier alpha value is -3.79. The van der Waals surface area contributed by atoms with Crippen molar-refractivity contribution in [1.29, 1.82) is 10.5 Å². The van der Waals surface area contributed by atoms with Gasteiger partial charge in [-0.1, -0.05) is 60.1 Å². The smallest absolute Gasteiger partial charge is 0.0998 e. The Morgan fingerprint density at radius 3 is 2.41 bits per heavy atom. The van der Waals surface area contributed by atoms with Gasteiger partial charge in [0.2, 0.25) is 0 Å². The van der Waals surface area contributed by atoms with Gasteiger partial charge in [-0.3, -0.25) is 0 Å². The number of nitriles is 2. The summed E-state index contributed by atoms with van der Waals surface area (Å²) in [5.74, 6) is 0. The van der Waals surface area contributed by atoms with Crippen LogP contribution in [-0.2, 0) is 6.54 Å². The van der Waals surface area contributed by atoms with Gasteiger partial charge in [-0.05, 0) is 41.5 Å². The van der Waals surface area contributed by atoms with Crippen molar-refractivity contribution in [3.63, 3.8) is 0 Å². The fourth-order valence-corrected chi connectivity index (χ4v) is 3.56. The van der Waals surface area contributed by atoms with Crippen LogP contribution in [0.25, 0.3) is 22.6 Å². The van der Waals surface area contributed by atoms with Crippen LogP contribution in [0.3, 0.4) is 0 Å². The van der Waals surface area contributed by atoms with Crippen molar-refractivity contribution in [1.82, 2.24) is 4.57 Å². The molecule has 4 aromatic rings. The molecule has 0 unspecified atom stereocenters. The molecular formula is C25H16ClN3. The fourth-order valence-electron chi connectivity index (χ4n) is 3.44. The second-order valence-electron chi connectivity index (χ2n) is 6.68. The average molecular weight is 394 g/mol. The van der Waals surface area contributed by atoms with Crippen LogP contribution in [0.15, 0.2) is 79.0 Å². The topological polar surface area (TPSA) is 52.5 Å². The molecule has 3 aromatic carbocycles. The van der Waals surface area contributed by atoms with Gasteiger partial charge in [-0.15, -0.1) is 0 Å². The molecule has 0 spiro atoms. The van der Waals surface area contributed by atoms with Crippen LogP contribution in [0.2, 0.25) is 5.02 Å². The minimum absolute atomic E-state index is 0.571. The average Bonchev–Trinajstić information content (AvgIpc) is 3.10. The zero-order chi connectivity index (χ0) is 20.2. The summed E-state index contributed by atoms with van der Waals surface area (Å²) in [5.41, 5.74) is 5.04. The molecule has 1 heterocycles. The summed E-state index contributed by atoms with van der Waals surface area (Å²) in [6.45, 7) is 0.584. The van der Waals surface area contributed by atoms with E-state index in [-0.39, 0.29) is 0 Å². The van der Waals surface area contributed by atoms with Gasteiger partial charge in [0.1, 0.15) is 0 Å². The maximum atomic E-state index is 9.70. The highest BCUT2D eigenvalue weighted by Gasteiger charge is 2.10. The molecule has 0 atom stereocenters. The predicted octanol–water partition coefficient (Wildman–Crippen LogP) is 6.28. The number of para-hydroxylation sites is 1. The van der Waals surface area contributed by atoms with Crippen molar-refractivity contribution in [2.45, 2.75) is 6.54 Å². The van der Waals surface area contributed by atoms with E-state index in [1.165, 1.54) is 0 Å². The van der Waals surface area contributed by atoms with Gasteiger partial charge in [0.05, 0.1) is 23.3 Å². The molecule has 0 bridgehead atoms. The monoisotopic (exact) mass is 393 g/mol. The summed E-state index contributed by atoms with van der Waals surface area (Å²) in [5, 5.41) is 20.8. The number of hydrogen-bond acceptors (Lipinski definition) is 2. The minimum Gasteiger partial charge on any atom is -0.342 e. The van der Waals surface area contributed by atoms with Gasteiger partial charge in [0, 0.05) is 34.2 Å². The molecular weight excluding hydrogens is 378 g/mol. The van der Waals surface area contributed by atoms with Crippen molar-refractivity contribution in [2.24, 2.45) is 0 Å². The lowest BCUT2D eigenvalue weighted by atomic mass is 10.0. The van der Waals surface area contributed by atoms with Crippen LogP contribution >= 0.6 is 11.6 Å². The third kappa shape index (κ3) is 3.78. The van der Waals surface area contributed by atoms with Crippen LogP contribution in [-0.4, -0.2) is 4.57 Å². The summed E-state index contributed by atoms with van der Waals surface area (Å²) in [6.07, 6.45) is 3.93. The zero-order valence-electron chi connectivity index (χ0n) is 15.5. The molecule has 4 heteroatoms. The van der Waals surface area contributed by atoms with Crippen LogP contribution in [0, 0.1) is 22.7 Å². The van der Waals surface area contributed by atoms with Crippen LogP contribution in [0.4, 0.5) is 0 Å². The van der Waals surface area contributed by atoms with E-state index < -0.39 is 0 Å². The molecule has 0 fully saturated rings. The van der Waals surface area contributed by atoms with Crippen molar-refractivity contribution >= 4 is 34.2 Å². The SMILES string of the molecule is N#CC(=Cc1cn(Cc2ccccc2C#N)c2ccccc12)c1ccc(Cl)cc1. The molecule has 0 N–H and O–H groups in total. The molecule has 3 nitrogen and oxygen atoms in total. The Bertz CT molecular complexity index is 1300. The van der Waals surface area contributed by atoms with Crippen LogP contribution in [0.1, 0.15) is 22.3 Å². The summed E-state index contributed by atoms with van der Waals surface area (Å²) < 4.78 is 2.12. The van der Waals surface area contributed by atoms with E-state index in [0.29, 0.717) is 22.7 Å². The van der Waals surface area contributed by atoms with Crippen molar-refractivity contribution < 1.29 is 0 Å². The summed E-state index contributed by atoms with van der Waals surface area (Å²) in [4.78, 5) is 0. The zero-order valence-corrected chi connectivity index (χ0v) is 16.3. The quantitative estimate of drug-likeness (QED) is 0.383. The number of aromatic nitrogens is 1. The lowest BCUT2D eigenvalue weighted by Crippen LogP contribution is -2.00. The first-order chi connectivity index (χ1) is 14.2. The Morgan fingerprint density at radius 2 is 1.66 bits per heavy atom. The van der Waals surface area contributed by atoms with Crippen LogP contribution in [0.5, 0.6) is 0 Å². The standard InChI is InChI=1S/C25H16ClN3/c26-23-11-9-18(10-12-23)21(15-28)13-22-17-29(25-8-4-3-7-24(22)25)16-20-6-2-1-5-19(20)14-27/h1-13,17H,16H2. The molecule has 138 valence electrons. The Morgan fingerprint density at radius 1 is 0.931 bits per heavy atom. The molecule has 0 radical (unpaired) electrons. The molecule has 29 heavy (non-hydrogen) atoms. The highest BCUT2D eigenvalue weighted by Crippen LogP contribution is 2.27. The van der Waals surface area contributed by atoms with E-state index in [1.54, 1.807) is 12.1 Å². The van der Waals surface area contributed by atoms with Crippen molar-refractivity contribution in [2.75, 3.05) is 0 Å². The highest BCUT2D eigenvalue weighted by atomic mass is 35.5. The maximum Gasteiger partial charge on any atom is 0.0998 e. The molecule has 0 saturated heterocycles. The third-order valence-corrected chi connectivity index (χ3v) is 5.13. The van der Waals surface area contributed by atoms with Crippen molar-refractivity contribution in [3.05, 3.63) is 106 Å². The number of fused-ring (bicyclic) bond motifs is 1. The lowest BCUT2D eigenvalue weighted by molar-refractivity contribution is 0.833. The highest BCUT2D eigenvalue weighted by molar-refractivity contribution is 6.30. The van der Waals surface area contributed by atoms with Gasteiger partial charge in [0.25, 0.3) is 0 Å². The fraction of sp³-hybridized carbons (Fsp3) is 0.0400. The first-order valence-corrected chi connectivity index (χ1v) is 9.51. The van der Waals surface area contributed by atoms with E-state index in [9.17, 15) is 10.5 Å². The normalized spacial score (nSPS) is 11.2. The molecule has 0 aliphatic carbocycles. The number of halogens is 1. The van der Waals surface area contributed by atoms with E-state index in [4.69, 9.17) is 11.6 Å². The Labute approximate surface area is 174 Å². The molecule has 0 aliphatic rings. The first kappa shape index (κ1) is 18.6. The second kappa shape index (κ2) is 8.07. The van der Waals surface area contributed by atoms with Gasteiger partial charge < -0.3 is 4.57 Å². The number of rotatable bonds is 4. The Balaban J connectivity index is 1.81. The molecule has 0 saturated carbocycles. The number of hydrogen-bond donors (Lipinski definition) is 0. The van der Waals surface area contributed by atoms with Gasteiger partial charge in [-0.2, -0.15) is 10.5 Å². The summed E-state index contributed by atoms with van der Waals surface area (Å²) >= 11 is 5.97. The predicted molar refractivity (Wildman–Crippen MR) is 117 cm³/mol. The number of benzene rings is 3. The minimum atomic E-state index is 0.571. The first-order valence-electron chi connectivity index (χ1n) is 9.13. The maximum absolute atomic E-state index is 9.70. The van der Waals surface area contributed by atoms with Gasteiger partial charge in [0.15, 0.2) is 0 Å². The Kier molecular flexibility index (Phi) is 5.16. The molecule has 1 aromatic heterocycles. The van der Waals surface area contributed by atoms with E-state index in [2.05, 4.69) is 22.8 Å². The van der Waals surface area contributed by atoms with Gasteiger partial charge in [-0.25, -0.2) is 0 Å². The van der Waals surface area contributed by atoms with Gasteiger partial charge >= 0.3 is 0 Å². The second-order valence-corrected chi connectivity index (χ2v) is 7.11. The number of nitrogens with zero attached hydrogens (tertiary/aromatic N) is 3. The van der Waals surface area contributed by atoms with E-state index in [1.807, 2.05) is 66.9 Å². The van der Waals surface area contributed by atoms with E-state index in [0.717, 1.165) is 27.6 Å². The molecule has 0 amide bonds. The van der Waals surface area contributed by atoms with Crippen LogP contribution < -0.4 is 0 Å².